The zero-order chi connectivity index (χ0) is 21.6. The number of nitro groups is 1. The van der Waals surface area contributed by atoms with E-state index >= 15 is 0 Å². The van der Waals surface area contributed by atoms with E-state index in [1.807, 2.05) is 12.3 Å². The topological polar surface area (TPSA) is 126 Å². The second kappa shape index (κ2) is 10.1. The number of amides is 1. The maximum Gasteiger partial charge on any atom is 0.422 e. The molecule has 0 spiro atoms. The molecule has 2 N–H and O–H groups in total. The largest absolute Gasteiger partial charge is 0.464 e. The number of hydrogen-bond donors (Lipinski definition) is 2. The standard InChI is InChI=1S/C19H24N4O5S/c1-4-14-11-29-18(20-14)16(9-13-5-7-15(8-6-13)23(27)28)21-22(19(25)26)17(10-24)12(2)3/h5-8,10-12,16-17,21H,4,9H2,1-3H3,(H,25,26)/t16-,17+/m0/s1. The third-order valence-electron chi connectivity index (χ3n) is 4.44. The number of non-ortho nitro benzene ring substituents is 1. The van der Waals surface area contributed by atoms with Gasteiger partial charge in [0.1, 0.15) is 17.3 Å². The number of nitrogens with zero attached hydrogens (tertiary/aromatic N) is 3. The first-order valence-electron chi connectivity index (χ1n) is 9.18. The van der Waals surface area contributed by atoms with E-state index in [-0.39, 0.29) is 11.6 Å². The van der Waals surface area contributed by atoms with E-state index in [1.165, 1.54) is 23.5 Å². The molecular weight excluding hydrogens is 396 g/mol. The number of aryl methyl sites for hydroxylation is 1. The molecule has 0 aliphatic heterocycles. The minimum atomic E-state index is -1.27. The summed E-state index contributed by atoms with van der Waals surface area (Å²) >= 11 is 1.40. The van der Waals surface area contributed by atoms with Gasteiger partial charge in [0.2, 0.25) is 0 Å². The maximum absolute atomic E-state index is 11.8. The number of nitro benzene ring substituents is 1. The average Bonchev–Trinajstić information content (AvgIpc) is 3.16. The van der Waals surface area contributed by atoms with Gasteiger partial charge in [-0.1, -0.05) is 32.9 Å². The summed E-state index contributed by atoms with van der Waals surface area (Å²) in [7, 11) is 0. The van der Waals surface area contributed by atoms with Crippen molar-refractivity contribution >= 4 is 29.4 Å². The number of nitrogens with one attached hydrogen (secondary N) is 1. The zero-order valence-corrected chi connectivity index (χ0v) is 17.3. The van der Waals surface area contributed by atoms with Gasteiger partial charge in [-0.05, 0) is 24.3 Å². The zero-order valence-electron chi connectivity index (χ0n) is 16.4. The molecule has 1 aromatic carbocycles. The minimum Gasteiger partial charge on any atom is -0.464 e. The molecule has 0 bridgehead atoms. The molecule has 2 atom stereocenters. The summed E-state index contributed by atoms with van der Waals surface area (Å²) in [6.07, 6.45) is 0.430. The van der Waals surface area contributed by atoms with Crippen molar-refractivity contribution < 1.29 is 19.6 Å². The van der Waals surface area contributed by atoms with E-state index < -0.39 is 23.1 Å². The van der Waals surface area contributed by atoms with Crippen LogP contribution in [-0.2, 0) is 17.6 Å². The van der Waals surface area contributed by atoms with Gasteiger partial charge in [-0.15, -0.1) is 11.3 Å². The number of benzene rings is 1. The van der Waals surface area contributed by atoms with Crippen molar-refractivity contribution in [1.29, 1.82) is 0 Å². The van der Waals surface area contributed by atoms with E-state index in [1.54, 1.807) is 26.0 Å². The van der Waals surface area contributed by atoms with Gasteiger partial charge in [-0.3, -0.25) is 10.1 Å². The Labute approximate surface area is 172 Å². The summed E-state index contributed by atoms with van der Waals surface area (Å²) in [5.41, 5.74) is 4.59. The molecule has 1 aromatic heterocycles. The first-order chi connectivity index (χ1) is 13.8. The van der Waals surface area contributed by atoms with Crippen LogP contribution in [0.2, 0.25) is 0 Å². The van der Waals surface area contributed by atoms with Gasteiger partial charge in [0, 0.05) is 17.5 Å². The molecule has 0 fully saturated rings. The molecule has 1 heterocycles. The predicted octanol–water partition coefficient (Wildman–Crippen LogP) is 3.61. The predicted molar refractivity (Wildman–Crippen MR) is 109 cm³/mol. The van der Waals surface area contributed by atoms with Crippen molar-refractivity contribution in [1.82, 2.24) is 15.4 Å². The fourth-order valence-corrected chi connectivity index (χ4v) is 3.72. The number of carbonyl (C=O) groups excluding carboxylic acids is 1. The first-order valence-corrected chi connectivity index (χ1v) is 10.1. The van der Waals surface area contributed by atoms with Gasteiger partial charge in [-0.25, -0.2) is 20.2 Å². The van der Waals surface area contributed by atoms with Crippen LogP contribution in [0.4, 0.5) is 10.5 Å². The fraction of sp³-hybridized carbons (Fsp3) is 0.421. The molecule has 9 nitrogen and oxygen atoms in total. The molecule has 156 valence electrons. The molecule has 2 aromatic rings. The normalized spacial score (nSPS) is 13.1. The van der Waals surface area contributed by atoms with Crippen LogP contribution < -0.4 is 5.43 Å². The molecular formula is C19H24N4O5S. The van der Waals surface area contributed by atoms with Gasteiger partial charge < -0.3 is 9.90 Å². The van der Waals surface area contributed by atoms with Crippen LogP contribution in [0.15, 0.2) is 29.6 Å². The Balaban J connectivity index is 2.34. The fourth-order valence-electron chi connectivity index (χ4n) is 2.78. The van der Waals surface area contributed by atoms with Gasteiger partial charge in [-0.2, -0.15) is 0 Å². The van der Waals surface area contributed by atoms with E-state index in [0.29, 0.717) is 17.7 Å². The van der Waals surface area contributed by atoms with Crippen LogP contribution in [0.25, 0.3) is 0 Å². The molecule has 1 amide bonds. The lowest BCUT2D eigenvalue weighted by atomic mass is 10.0. The second-order valence-electron chi connectivity index (χ2n) is 6.86. The van der Waals surface area contributed by atoms with Crippen molar-refractivity contribution in [2.45, 2.75) is 45.7 Å². The minimum absolute atomic E-state index is 0.0197. The van der Waals surface area contributed by atoms with Crippen molar-refractivity contribution in [3.63, 3.8) is 0 Å². The molecule has 2 rings (SSSR count). The summed E-state index contributed by atoms with van der Waals surface area (Å²) in [5.74, 6) is -0.223. The summed E-state index contributed by atoms with van der Waals surface area (Å²) in [6, 6.07) is 4.70. The van der Waals surface area contributed by atoms with E-state index in [4.69, 9.17) is 0 Å². The molecule has 0 aliphatic rings. The Morgan fingerprint density at radius 2 is 2.03 bits per heavy atom. The Bertz CT molecular complexity index is 853. The summed E-state index contributed by atoms with van der Waals surface area (Å²) < 4.78 is 0. The van der Waals surface area contributed by atoms with Crippen LogP contribution in [0, 0.1) is 16.0 Å². The SMILES string of the molecule is CCc1csc([C@H](Cc2ccc([N+](=O)[O-])cc2)NN(C(=O)O)[C@H](C=O)C(C)C)n1. The average molecular weight is 420 g/mol. The van der Waals surface area contributed by atoms with Crippen molar-refractivity contribution in [2.75, 3.05) is 0 Å². The third-order valence-corrected chi connectivity index (χ3v) is 5.45. The van der Waals surface area contributed by atoms with Crippen LogP contribution in [-0.4, -0.2) is 38.4 Å². The van der Waals surface area contributed by atoms with E-state index in [2.05, 4.69) is 10.4 Å². The highest BCUT2D eigenvalue weighted by molar-refractivity contribution is 7.09. The van der Waals surface area contributed by atoms with Gasteiger partial charge in [0.15, 0.2) is 0 Å². The Morgan fingerprint density at radius 3 is 2.48 bits per heavy atom. The molecule has 0 saturated heterocycles. The Kier molecular flexibility index (Phi) is 7.80. The highest BCUT2D eigenvalue weighted by Crippen LogP contribution is 2.25. The number of carboxylic acid groups (broad SMARTS) is 1. The number of aromatic nitrogens is 1. The van der Waals surface area contributed by atoms with Crippen molar-refractivity contribution in [3.8, 4) is 0 Å². The van der Waals surface area contributed by atoms with E-state index in [0.717, 1.165) is 22.7 Å². The lowest BCUT2D eigenvalue weighted by molar-refractivity contribution is -0.384. The van der Waals surface area contributed by atoms with Crippen LogP contribution in [0.3, 0.4) is 0 Å². The number of rotatable bonds is 10. The quantitative estimate of drug-likeness (QED) is 0.342. The second-order valence-corrected chi connectivity index (χ2v) is 7.75. The molecule has 0 saturated carbocycles. The number of aldehydes is 1. The molecule has 29 heavy (non-hydrogen) atoms. The third kappa shape index (κ3) is 5.81. The van der Waals surface area contributed by atoms with Gasteiger partial charge >= 0.3 is 6.09 Å². The first kappa shape index (κ1) is 22.4. The highest BCUT2D eigenvalue weighted by atomic mass is 32.1. The molecule has 10 heteroatoms. The highest BCUT2D eigenvalue weighted by Gasteiger charge is 2.30. The van der Waals surface area contributed by atoms with Gasteiger partial charge in [0.25, 0.3) is 5.69 Å². The van der Waals surface area contributed by atoms with Gasteiger partial charge in [0.05, 0.1) is 16.7 Å². The number of hydrazine groups is 1. The summed E-state index contributed by atoms with van der Waals surface area (Å²) in [4.78, 5) is 38.3. The lowest BCUT2D eigenvalue weighted by Gasteiger charge is -2.31. The summed E-state index contributed by atoms with van der Waals surface area (Å²) in [6.45, 7) is 5.50. The monoisotopic (exact) mass is 420 g/mol. The summed E-state index contributed by atoms with van der Waals surface area (Å²) in [5, 5.41) is 24.0. The maximum atomic E-state index is 11.8. The molecule has 0 unspecified atom stereocenters. The molecule has 0 radical (unpaired) electrons. The molecule has 0 aliphatic carbocycles. The number of carbonyl (C=O) groups is 2. The van der Waals surface area contributed by atoms with E-state index in [9.17, 15) is 24.8 Å². The van der Waals surface area contributed by atoms with Crippen LogP contribution >= 0.6 is 11.3 Å². The number of thiazole rings is 1. The Morgan fingerprint density at radius 1 is 1.38 bits per heavy atom. The van der Waals surface area contributed by atoms with Crippen LogP contribution in [0.1, 0.15) is 43.1 Å². The number of hydrogen-bond acceptors (Lipinski definition) is 7. The lowest BCUT2D eigenvalue weighted by Crippen LogP contribution is -2.53. The smallest absolute Gasteiger partial charge is 0.422 e. The van der Waals surface area contributed by atoms with Crippen LogP contribution in [0.5, 0.6) is 0 Å². The van der Waals surface area contributed by atoms with Crippen molar-refractivity contribution in [2.24, 2.45) is 5.92 Å². The van der Waals surface area contributed by atoms with Crippen molar-refractivity contribution in [3.05, 3.63) is 56.0 Å². The Hall–Kier alpha value is -2.85.